The third-order valence-corrected chi connectivity index (χ3v) is 3.89. The average molecular weight is 312 g/mol. The number of aliphatic carboxylic acids is 1. The minimum atomic E-state index is -0.850. The number of halogens is 1. The SMILES string of the molecule is CC(C(=O)O)N1CCN(C(=O)c2cc(N)cc(Cl)c2)CC1. The fourth-order valence-corrected chi connectivity index (χ4v) is 2.63. The van der Waals surface area contributed by atoms with Crippen LogP contribution in [-0.4, -0.2) is 59.0 Å². The van der Waals surface area contributed by atoms with Crippen LogP contribution >= 0.6 is 11.6 Å². The van der Waals surface area contributed by atoms with Crippen molar-refractivity contribution in [1.82, 2.24) is 9.80 Å². The number of hydrogen-bond donors (Lipinski definition) is 2. The van der Waals surface area contributed by atoms with Crippen LogP contribution < -0.4 is 5.73 Å². The van der Waals surface area contributed by atoms with E-state index in [9.17, 15) is 9.59 Å². The fourth-order valence-electron chi connectivity index (χ4n) is 2.39. The van der Waals surface area contributed by atoms with Crippen molar-refractivity contribution in [3.05, 3.63) is 28.8 Å². The molecule has 1 saturated heterocycles. The number of rotatable bonds is 3. The van der Waals surface area contributed by atoms with E-state index in [0.29, 0.717) is 42.5 Å². The van der Waals surface area contributed by atoms with Crippen molar-refractivity contribution < 1.29 is 14.7 Å². The number of nitrogens with two attached hydrogens (primary N) is 1. The quantitative estimate of drug-likeness (QED) is 0.818. The summed E-state index contributed by atoms with van der Waals surface area (Å²) in [5.74, 6) is -0.982. The van der Waals surface area contributed by atoms with Crippen LogP contribution in [0.15, 0.2) is 18.2 Å². The lowest BCUT2D eigenvalue weighted by Gasteiger charge is -2.36. The molecule has 114 valence electrons. The van der Waals surface area contributed by atoms with Crippen LogP contribution in [0.4, 0.5) is 5.69 Å². The molecule has 0 spiro atoms. The highest BCUT2D eigenvalue weighted by atomic mass is 35.5. The van der Waals surface area contributed by atoms with Gasteiger partial charge < -0.3 is 15.7 Å². The van der Waals surface area contributed by atoms with Crippen LogP contribution in [0.3, 0.4) is 0 Å². The molecule has 7 heteroatoms. The number of carboxylic acid groups (broad SMARTS) is 1. The second-order valence-corrected chi connectivity index (χ2v) is 5.55. The second-order valence-electron chi connectivity index (χ2n) is 5.12. The maximum absolute atomic E-state index is 12.4. The molecule has 1 atom stereocenters. The Morgan fingerprint density at radius 1 is 1.24 bits per heavy atom. The molecule has 0 saturated carbocycles. The minimum absolute atomic E-state index is 0.133. The molecule has 0 aromatic heterocycles. The van der Waals surface area contributed by atoms with Gasteiger partial charge in [0.2, 0.25) is 0 Å². The van der Waals surface area contributed by atoms with Gasteiger partial charge in [-0.2, -0.15) is 0 Å². The highest BCUT2D eigenvalue weighted by molar-refractivity contribution is 6.31. The maximum atomic E-state index is 12.4. The average Bonchev–Trinajstić information content (AvgIpc) is 2.44. The monoisotopic (exact) mass is 311 g/mol. The number of carbonyl (C=O) groups is 2. The first-order valence-corrected chi connectivity index (χ1v) is 7.08. The number of amides is 1. The molecule has 1 unspecified atom stereocenters. The van der Waals surface area contributed by atoms with Crippen molar-refractivity contribution in [3.63, 3.8) is 0 Å². The van der Waals surface area contributed by atoms with Crippen LogP contribution in [0.2, 0.25) is 5.02 Å². The molecule has 6 nitrogen and oxygen atoms in total. The number of anilines is 1. The van der Waals surface area contributed by atoms with Gasteiger partial charge in [-0.1, -0.05) is 11.6 Å². The van der Waals surface area contributed by atoms with Crippen molar-refractivity contribution in [3.8, 4) is 0 Å². The summed E-state index contributed by atoms with van der Waals surface area (Å²) in [5, 5.41) is 9.42. The smallest absolute Gasteiger partial charge is 0.320 e. The molecule has 1 aromatic rings. The molecule has 21 heavy (non-hydrogen) atoms. The number of hydrogen-bond acceptors (Lipinski definition) is 4. The Balaban J connectivity index is 2.01. The normalized spacial score (nSPS) is 17.5. The maximum Gasteiger partial charge on any atom is 0.320 e. The van der Waals surface area contributed by atoms with Gasteiger partial charge >= 0.3 is 5.97 Å². The molecule has 1 fully saturated rings. The lowest BCUT2D eigenvalue weighted by molar-refractivity contribution is -0.143. The van der Waals surface area contributed by atoms with Crippen molar-refractivity contribution >= 4 is 29.2 Å². The van der Waals surface area contributed by atoms with E-state index in [1.165, 1.54) is 0 Å². The van der Waals surface area contributed by atoms with Gasteiger partial charge in [-0.3, -0.25) is 14.5 Å². The van der Waals surface area contributed by atoms with E-state index >= 15 is 0 Å². The zero-order chi connectivity index (χ0) is 15.6. The van der Waals surface area contributed by atoms with E-state index in [-0.39, 0.29) is 5.91 Å². The molecule has 0 radical (unpaired) electrons. The van der Waals surface area contributed by atoms with E-state index in [2.05, 4.69) is 0 Å². The number of nitrogen functional groups attached to an aromatic ring is 1. The number of carboxylic acids is 1. The Bertz CT molecular complexity index is 536. The van der Waals surface area contributed by atoms with Crippen LogP contribution in [0.5, 0.6) is 0 Å². The lowest BCUT2D eigenvalue weighted by Crippen LogP contribution is -2.53. The molecule has 1 heterocycles. The Hall–Kier alpha value is -1.79. The van der Waals surface area contributed by atoms with Crippen LogP contribution in [-0.2, 0) is 4.79 Å². The predicted molar refractivity (Wildman–Crippen MR) is 80.4 cm³/mol. The van der Waals surface area contributed by atoms with E-state index in [1.54, 1.807) is 30.0 Å². The van der Waals surface area contributed by atoms with E-state index in [0.717, 1.165) is 0 Å². The largest absolute Gasteiger partial charge is 0.480 e. The summed E-state index contributed by atoms with van der Waals surface area (Å²) in [4.78, 5) is 26.9. The van der Waals surface area contributed by atoms with Gasteiger partial charge in [-0.15, -0.1) is 0 Å². The fraction of sp³-hybridized carbons (Fsp3) is 0.429. The standard InChI is InChI=1S/C14H18ClN3O3/c1-9(14(20)21)17-2-4-18(5-3-17)13(19)10-6-11(15)8-12(16)7-10/h6-9H,2-5,16H2,1H3,(H,20,21). The first-order valence-electron chi connectivity index (χ1n) is 6.70. The third-order valence-electron chi connectivity index (χ3n) is 3.67. The molecule has 2 rings (SSSR count). The Morgan fingerprint density at radius 2 is 1.86 bits per heavy atom. The van der Waals surface area contributed by atoms with Gasteiger partial charge in [0.1, 0.15) is 6.04 Å². The molecule has 3 N–H and O–H groups in total. The Kier molecular flexibility index (Phi) is 4.69. The van der Waals surface area contributed by atoms with E-state index in [4.69, 9.17) is 22.4 Å². The topological polar surface area (TPSA) is 86.9 Å². The molecule has 1 amide bonds. The minimum Gasteiger partial charge on any atom is -0.480 e. The molecule has 1 aliphatic heterocycles. The van der Waals surface area contributed by atoms with Crippen LogP contribution in [0, 0.1) is 0 Å². The Labute approximate surface area is 128 Å². The summed E-state index contributed by atoms with van der Waals surface area (Å²) in [6.07, 6.45) is 0. The number of nitrogens with zero attached hydrogens (tertiary/aromatic N) is 2. The summed E-state index contributed by atoms with van der Waals surface area (Å²) in [6.45, 7) is 3.70. The zero-order valence-corrected chi connectivity index (χ0v) is 12.5. The molecular weight excluding hydrogens is 294 g/mol. The van der Waals surface area contributed by atoms with Crippen molar-refractivity contribution in [2.75, 3.05) is 31.9 Å². The highest BCUT2D eigenvalue weighted by Gasteiger charge is 2.27. The third kappa shape index (κ3) is 3.65. The van der Waals surface area contributed by atoms with E-state index < -0.39 is 12.0 Å². The van der Waals surface area contributed by atoms with Crippen molar-refractivity contribution in [1.29, 1.82) is 0 Å². The van der Waals surface area contributed by atoms with Gasteiger partial charge in [0, 0.05) is 42.5 Å². The highest BCUT2D eigenvalue weighted by Crippen LogP contribution is 2.19. The van der Waals surface area contributed by atoms with Gasteiger partial charge in [0.05, 0.1) is 0 Å². The molecule has 1 aliphatic rings. The zero-order valence-electron chi connectivity index (χ0n) is 11.8. The summed E-state index contributed by atoms with van der Waals surface area (Å²) in [6, 6.07) is 4.24. The summed E-state index contributed by atoms with van der Waals surface area (Å²) >= 11 is 5.91. The molecular formula is C14H18ClN3O3. The van der Waals surface area contributed by atoms with Gasteiger partial charge in [-0.25, -0.2) is 0 Å². The molecule has 1 aromatic carbocycles. The van der Waals surface area contributed by atoms with Crippen molar-refractivity contribution in [2.45, 2.75) is 13.0 Å². The number of benzene rings is 1. The van der Waals surface area contributed by atoms with Gasteiger partial charge in [0.15, 0.2) is 0 Å². The summed E-state index contributed by atoms with van der Waals surface area (Å²) in [7, 11) is 0. The summed E-state index contributed by atoms with van der Waals surface area (Å²) < 4.78 is 0. The second kappa shape index (κ2) is 6.32. The van der Waals surface area contributed by atoms with Crippen LogP contribution in [0.25, 0.3) is 0 Å². The van der Waals surface area contributed by atoms with Gasteiger partial charge in [-0.05, 0) is 25.1 Å². The molecule has 0 aliphatic carbocycles. The Morgan fingerprint density at radius 3 is 2.38 bits per heavy atom. The van der Waals surface area contributed by atoms with E-state index in [1.807, 2.05) is 4.90 Å². The number of carbonyl (C=O) groups excluding carboxylic acids is 1. The molecule has 0 bridgehead atoms. The number of piperazine rings is 1. The van der Waals surface area contributed by atoms with Crippen molar-refractivity contribution in [2.24, 2.45) is 0 Å². The van der Waals surface area contributed by atoms with Gasteiger partial charge in [0.25, 0.3) is 5.91 Å². The first-order chi connectivity index (χ1) is 9.88. The first kappa shape index (κ1) is 15.6. The van der Waals surface area contributed by atoms with Crippen LogP contribution in [0.1, 0.15) is 17.3 Å². The predicted octanol–water partition coefficient (Wildman–Crippen LogP) is 1.15. The summed E-state index contributed by atoms with van der Waals surface area (Å²) in [5.41, 5.74) is 6.60. The lowest BCUT2D eigenvalue weighted by atomic mass is 10.1.